The van der Waals surface area contributed by atoms with Crippen molar-refractivity contribution in [3.8, 4) is 0 Å². The fourth-order valence-electron chi connectivity index (χ4n) is 5.91. The molecule has 4 heterocycles. The largest absolute Gasteiger partial charge is 0.454 e. The Morgan fingerprint density at radius 1 is 0.860 bits per heavy atom. The van der Waals surface area contributed by atoms with Gasteiger partial charge in [0.2, 0.25) is 11.8 Å². The molecule has 4 aliphatic heterocycles. The third kappa shape index (κ3) is 9.36. The van der Waals surface area contributed by atoms with Crippen LogP contribution in [0.4, 0.5) is 0 Å². The number of aliphatic hydroxyl groups excluding tert-OH is 3. The van der Waals surface area contributed by atoms with Crippen molar-refractivity contribution in [2.24, 2.45) is 5.92 Å². The number of halogens is 1. The second kappa shape index (κ2) is 17.0. The van der Waals surface area contributed by atoms with Crippen LogP contribution < -0.4 is 26.9 Å². The van der Waals surface area contributed by atoms with Crippen LogP contribution in [-0.2, 0) is 33.5 Å². The fourth-order valence-corrected chi connectivity index (χ4v) is 6.15. The molecule has 0 bridgehead atoms. The van der Waals surface area contributed by atoms with Gasteiger partial charge in [-0.15, -0.1) is 11.6 Å². The number of rotatable bonds is 5. The maximum Gasteiger partial charge on any atom is 0.334 e. The topological polar surface area (TPSA) is 242 Å². The Kier molecular flexibility index (Phi) is 13.3. The van der Waals surface area contributed by atoms with E-state index in [-0.39, 0.29) is 51.2 Å². The molecule has 4 saturated heterocycles. The highest BCUT2D eigenvalue weighted by Crippen LogP contribution is 2.23. The molecule has 278 valence electrons. The first-order valence-corrected chi connectivity index (χ1v) is 17.0. The number of esters is 1. The van der Waals surface area contributed by atoms with Gasteiger partial charge in [0.05, 0.1) is 24.2 Å². The van der Waals surface area contributed by atoms with Gasteiger partial charge in [-0.2, -0.15) is 0 Å². The molecule has 0 saturated carbocycles. The smallest absolute Gasteiger partial charge is 0.334 e. The van der Waals surface area contributed by atoms with E-state index in [9.17, 15) is 44.1 Å². The number of nitrogens with zero attached hydrogens (tertiary/aromatic N) is 3. The Labute approximate surface area is 294 Å². The van der Waals surface area contributed by atoms with E-state index in [2.05, 4.69) is 26.9 Å². The number of nitrogens with one attached hydrogen (secondary N) is 5. The number of hydrazine groups is 3. The SMILES string of the molecule is CC(C)/C=C/C=C\C[C@@H]1NC(=O)[C@H]2C[C@@H](O)CNN2C(=O)COC(=O)[C@](C)(CO)NC(=O)[C@H]2C[C@H](O)CNN2C(=O)[C@H]2C[C@@H](Cl)CNN2C1=O. The van der Waals surface area contributed by atoms with E-state index in [0.717, 1.165) is 22.0 Å². The molecule has 0 unspecified atom stereocenters. The predicted octanol–water partition coefficient (Wildman–Crippen LogP) is -3.30. The number of cyclic esters (lactones) is 1. The minimum absolute atomic E-state index is 0.0381. The van der Waals surface area contributed by atoms with Crippen LogP contribution in [0.2, 0.25) is 0 Å². The number of β-amino-alcohol motifs (C(OH)–C–C–N with tert-alkyl or cyclic N) is 2. The predicted molar refractivity (Wildman–Crippen MR) is 176 cm³/mol. The summed E-state index contributed by atoms with van der Waals surface area (Å²) in [5.41, 5.74) is 6.15. The van der Waals surface area contributed by atoms with Gasteiger partial charge >= 0.3 is 5.97 Å². The average Bonchev–Trinajstić information content (AvgIpc) is 3.08. The first-order valence-electron chi connectivity index (χ1n) is 16.6. The van der Waals surface area contributed by atoms with E-state index in [0.29, 0.717) is 0 Å². The molecule has 19 heteroatoms. The van der Waals surface area contributed by atoms with Crippen LogP contribution in [-0.4, -0.2) is 146 Å². The summed E-state index contributed by atoms with van der Waals surface area (Å²) in [6, 6.07) is -5.36. The van der Waals surface area contributed by atoms with E-state index in [4.69, 9.17) is 16.3 Å². The van der Waals surface area contributed by atoms with Crippen molar-refractivity contribution in [1.29, 1.82) is 0 Å². The number of allylic oxidation sites excluding steroid dienone is 3. The number of carbonyl (C=O) groups excluding carboxylic acids is 6. The van der Waals surface area contributed by atoms with E-state index in [1.54, 1.807) is 18.2 Å². The molecule has 4 aliphatic rings. The third-order valence-electron chi connectivity index (χ3n) is 8.74. The third-order valence-corrected chi connectivity index (χ3v) is 9.07. The van der Waals surface area contributed by atoms with Crippen molar-refractivity contribution in [3.05, 3.63) is 24.3 Å². The summed E-state index contributed by atoms with van der Waals surface area (Å²) < 4.78 is 5.17. The van der Waals surface area contributed by atoms with Crippen LogP contribution in [0.15, 0.2) is 24.3 Å². The minimum Gasteiger partial charge on any atom is -0.454 e. The molecule has 18 nitrogen and oxygen atoms in total. The van der Waals surface area contributed by atoms with Crippen LogP contribution in [0.5, 0.6) is 0 Å². The van der Waals surface area contributed by atoms with Gasteiger partial charge in [-0.25, -0.2) is 21.1 Å². The van der Waals surface area contributed by atoms with Crippen LogP contribution in [0.25, 0.3) is 0 Å². The van der Waals surface area contributed by atoms with Gasteiger partial charge in [-0.1, -0.05) is 38.2 Å². The summed E-state index contributed by atoms with van der Waals surface area (Å²) in [7, 11) is 0. The van der Waals surface area contributed by atoms with Crippen molar-refractivity contribution in [1.82, 2.24) is 41.9 Å². The molecule has 0 radical (unpaired) electrons. The Hall–Kier alpha value is -3.65. The molecule has 4 fully saturated rings. The summed E-state index contributed by atoms with van der Waals surface area (Å²) in [6.45, 7) is 3.09. The highest BCUT2D eigenvalue weighted by atomic mass is 35.5. The van der Waals surface area contributed by atoms with Crippen LogP contribution >= 0.6 is 11.6 Å². The van der Waals surface area contributed by atoms with Crippen molar-refractivity contribution in [2.45, 2.75) is 93.7 Å². The Balaban J connectivity index is 1.77. The second-order valence-electron chi connectivity index (χ2n) is 13.3. The lowest BCUT2D eigenvalue weighted by Crippen LogP contribution is -2.71. The molecule has 4 rings (SSSR count). The lowest BCUT2D eigenvalue weighted by atomic mass is 9.98. The number of aliphatic hydroxyl groups is 3. The molecule has 0 aromatic rings. The summed E-state index contributed by atoms with van der Waals surface area (Å²) in [6.07, 6.45) is 4.36. The standard InChI is InChI=1S/C31H47ClN8O10/c1-17(2)7-5-4-6-8-21-28(47)40-24(9-18(32)12-33-40)29(48)39-23(11-20(43)14-35-39)27(46)37-31(3,16-41)30(49)50-15-25(44)38-22(26(45)36-21)10-19(42)13-34-38/h4-7,17-24,33-35,41-43H,8-16H2,1-3H3,(H,36,45)(H,37,46)/b6-4-,7-5+/t18-,19-,20+,21+,22-,23-,24-,31+/m1/s1. The van der Waals surface area contributed by atoms with E-state index >= 15 is 0 Å². The van der Waals surface area contributed by atoms with Crippen molar-refractivity contribution in [2.75, 3.05) is 32.8 Å². The zero-order valence-corrected chi connectivity index (χ0v) is 29.0. The molecule has 0 aromatic carbocycles. The maximum atomic E-state index is 14.3. The van der Waals surface area contributed by atoms with E-state index < -0.39 is 96.0 Å². The highest BCUT2D eigenvalue weighted by Gasteiger charge is 2.48. The number of hydrogen-bond acceptors (Lipinski definition) is 13. The van der Waals surface area contributed by atoms with E-state index in [1.165, 1.54) is 0 Å². The second-order valence-corrected chi connectivity index (χ2v) is 14.0. The normalized spacial score (nSPS) is 34.2. The summed E-state index contributed by atoms with van der Waals surface area (Å²) in [4.78, 5) is 82.4. The van der Waals surface area contributed by atoms with Gasteiger partial charge < -0.3 is 30.7 Å². The first kappa shape index (κ1) is 39.1. The molecule has 8 N–H and O–H groups in total. The fraction of sp³-hybridized carbons (Fsp3) is 0.677. The molecule has 5 amide bonds. The van der Waals surface area contributed by atoms with Crippen molar-refractivity contribution < 1.29 is 48.8 Å². The highest BCUT2D eigenvalue weighted by molar-refractivity contribution is 6.21. The summed E-state index contributed by atoms with van der Waals surface area (Å²) in [5.74, 6) is -5.07. The summed E-state index contributed by atoms with van der Waals surface area (Å²) >= 11 is 6.46. The number of carbonyl (C=O) groups is 6. The van der Waals surface area contributed by atoms with E-state index in [1.807, 2.05) is 19.9 Å². The molecular formula is C31H47ClN8O10. The summed E-state index contributed by atoms with van der Waals surface area (Å²) in [5, 5.41) is 38.3. The maximum absolute atomic E-state index is 14.3. The zero-order valence-electron chi connectivity index (χ0n) is 28.2. The van der Waals surface area contributed by atoms with Gasteiger partial charge in [0.15, 0.2) is 12.1 Å². The van der Waals surface area contributed by atoms with Gasteiger partial charge in [-0.05, 0) is 25.7 Å². The van der Waals surface area contributed by atoms with Crippen molar-refractivity contribution in [3.63, 3.8) is 0 Å². The number of amides is 5. The van der Waals surface area contributed by atoms with Gasteiger partial charge in [0, 0.05) is 32.5 Å². The quantitative estimate of drug-likeness (QED) is 0.0788. The van der Waals surface area contributed by atoms with Gasteiger partial charge in [0.25, 0.3) is 17.7 Å². The Bertz CT molecular complexity index is 1370. The minimum atomic E-state index is -2.09. The monoisotopic (exact) mass is 726 g/mol. The Morgan fingerprint density at radius 3 is 2.10 bits per heavy atom. The molecular weight excluding hydrogens is 680 g/mol. The van der Waals surface area contributed by atoms with Crippen molar-refractivity contribution >= 4 is 47.1 Å². The molecule has 8 atom stereocenters. The average molecular weight is 727 g/mol. The lowest BCUT2D eigenvalue weighted by Gasteiger charge is -2.44. The van der Waals surface area contributed by atoms with Gasteiger partial charge in [0.1, 0.15) is 24.2 Å². The number of fused-ring (bicyclic) bond motifs is 3. The number of alkyl halides is 1. The molecule has 50 heavy (non-hydrogen) atoms. The number of ether oxygens (including phenoxy) is 1. The van der Waals surface area contributed by atoms with Crippen LogP contribution in [0.3, 0.4) is 0 Å². The first-order chi connectivity index (χ1) is 23.6. The number of hydrogen-bond donors (Lipinski definition) is 8. The molecule has 0 spiro atoms. The Morgan fingerprint density at radius 2 is 1.46 bits per heavy atom. The lowest BCUT2D eigenvalue weighted by molar-refractivity contribution is -0.167. The molecule has 0 aromatic heterocycles. The molecule has 0 aliphatic carbocycles. The van der Waals surface area contributed by atoms with Gasteiger partial charge in [-0.3, -0.25) is 39.0 Å². The van der Waals surface area contributed by atoms with Crippen LogP contribution in [0.1, 0.15) is 46.5 Å². The zero-order chi connectivity index (χ0) is 36.7. The van der Waals surface area contributed by atoms with Crippen LogP contribution in [0, 0.1) is 5.92 Å².